The van der Waals surface area contributed by atoms with Crippen LogP contribution in [0.15, 0.2) is 48.5 Å². The maximum Gasteiger partial charge on any atom is 0.166 e. The van der Waals surface area contributed by atoms with Crippen LogP contribution >= 0.6 is 11.6 Å². The molecule has 0 radical (unpaired) electrons. The molecule has 18 heavy (non-hydrogen) atoms. The van der Waals surface area contributed by atoms with Gasteiger partial charge in [-0.3, -0.25) is 4.79 Å². The first-order chi connectivity index (χ1) is 8.70. The predicted octanol–water partition coefficient (Wildman–Crippen LogP) is 4.73. The van der Waals surface area contributed by atoms with Crippen LogP contribution in [-0.2, 0) is 0 Å². The highest BCUT2D eigenvalue weighted by Gasteiger charge is 2.10. The molecule has 0 spiro atoms. The zero-order valence-corrected chi connectivity index (χ0v) is 10.8. The minimum Gasteiger partial charge on any atom is -0.457 e. The van der Waals surface area contributed by atoms with Gasteiger partial charge >= 0.3 is 0 Å². The van der Waals surface area contributed by atoms with Crippen molar-refractivity contribution >= 4 is 17.4 Å². The quantitative estimate of drug-likeness (QED) is 0.743. The molecule has 92 valence electrons. The lowest BCUT2D eigenvalue weighted by molar-refractivity contribution is 0.0986. The monoisotopic (exact) mass is 260 g/mol. The summed E-state index contributed by atoms with van der Waals surface area (Å²) in [6, 6.07) is 14.3. The average Bonchev–Trinajstić information content (AvgIpc) is 2.38. The second kappa shape index (κ2) is 5.69. The maximum atomic E-state index is 11.8. The second-order valence-corrected chi connectivity index (χ2v) is 4.27. The minimum atomic E-state index is 0.0626. The van der Waals surface area contributed by atoms with E-state index in [9.17, 15) is 4.79 Å². The minimum absolute atomic E-state index is 0.0626. The summed E-state index contributed by atoms with van der Waals surface area (Å²) in [7, 11) is 0. The SMILES string of the molecule is CCC(=O)c1ccccc1Oc1cccc(Cl)c1. The molecule has 0 aliphatic rings. The van der Waals surface area contributed by atoms with Gasteiger partial charge in [0.25, 0.3) is 0 Å². The highest BCUT2D eigenvalue weighted by molar-refractivity contribution is 6.30. The van der Waals surface area contributed by atoms with Crippen molar-refractivity contribution in [1.29, 1.82) is 0 Å². The zero-order valence-electron chi connectivity index (χ0n) is 10.0. The molecule has 0 aliphatic carbocycles. The van der Waals surface area contributed by atoms with E-state index in [0.717, 1.165) is 0 Å². The van der Waals surface area contributed by atoms with Crippen molar-refractivity contribution < 1.29 is 9.53 Å². The highest BCUT2D eigenvalue weighted by atomic mass is 35.5. The van der Waals surface area contributed by atoms with Crippen molar-refractivity contribution in [2.24, 2.45) is 0 Å². The van der Waals surface area contributed by atoms with Crippen LogP contribution in [-0.4, -0.2) is 5.78 Å². The van der Waals surface area contributed by atoms with E-state index in [2.05, 4.69) is 0 Å². The molecule has 0 saturated heterocycles. The number of hydrogen-bond donors (Lipinski definition) is 0. The van der Waals surface area contributed by atoms with Gasteiger partial charge in [-0.15, -0.1) is 0 Å². The van der Waals surface area contributed by atoms with E-state index in [1.54, 1.807) is 30.3 Å². The molecular weight excluding hydrogens is 248 g/mol. The molecule has 0 atom stereocenters. The highest BCUT2D eigenvalue weighted by Crippen LogP contribution is 2.27. The Labute approximate surface area is 111 Å². The Bertz CT molecular complexity index is 564. The largest absolute Gasteiger partial charge is 0.457 e. The number of para-hydroxylation sites is 1. The Hall–Kier alpha value is -1.80. The van der Waals surface area contributed by atoms with Gasteiger partial charge in [-0.25, -0.2) is 0 Å². The Morgan fingerprint density at radius 2 is 1.94 bits per heavy atom. The molecule has 2 aromatic rings. The fraction of sp³-hybridized carbons (Fsp3) is 0.133. The number of hydrogen-bond acceptors (Lipinski definition) is 2. The Kier molecular flexibility index (Phi) is 4.00. The van der Waals surface area contributed by atoms with Gasteiger partial charge in [0.1, 0.15) is 11.5 Å². The molecule has 0 heterocycles. The molecule has 3 heteroatoms. The third kappa shape index (κ3) is 2.90. The van der Waals surface area contributed by atoms with Crippen molar-refractivity contribution in [3.8, 4) is 11.5 Å². The van der Waals surface area contributed by atoms with Crippen molar-refractivity contribution in [2.45, 2.75) is 13.3 Å². The number of ketones is 1. The smallest absolute Gasteiger partial charge is 0.166 e. The summed E-state index contributed by atoms with van der Waals surface area (Å²) in [6.07, 6.45) is 0.454. The lowest BCUT2D eigenvalue weighted by Gasteiger charge is -2.09. The van der Waals surface area contributed by atoms with Crippen LogP contribution in [0.4, 0.5) is 0 Å². The molecule has 2 aromatic carbocycles. The lowest BCUT2D eigenvalue weighted by Crippen LogP contribution is -1.99. The summed E-state index contributed by atoms with van der Waals surface area (Å²) in [4.78, 5) is 11.8. The van der Waals surface area contributed by atoms with E-state index in [4.69, 9.17) is 16.3 Å². The average molecular weight is 261 g/mol. The van der Waals surface area contributed by atoms with Crippen LogP contribution in [0.25, 0.3) is 0 Å². The first-order valence-electron chi connectivity index (χ1n) is 5.76. The Morgan fingerprint density at radius 3 is 2.67 bits per heavy atom. The molecule has 2 nitrogen and oxygen atoms in total. The molecule has 0 aromatic heterocycles. The van der Waals surface area contributed by atoms with Crippen molar-refractivity contribution in [1.82, 2.24) is 0 Å². The molecule has 2 rings (SSSR count). The topological polar surface area (TPSA) is 26.3 Å². The van der Waals surface area contributed by atoms with Crippen LogP contribution in [0, 0.1) is 0 Å². The summed E-state index contributed by atoms with van der Waals surface area (Å²) in [5.41, 5.74) is 0.597. The standard InChI is InChI=1S/C15H13ClO2/c1-2-14(17)13-8-3-4-9-15(13)18-12-7-5-6-11(16)10-12/h3-10H,2H2,1H3. The lowest BCUT2D eigenvalue weighted by atomic mass is 10.1. The number of benzene rings is 2. The molecule has 0 N–H and O–H groups in total. The maximum absolute atomic E-state index is 11.8. The number of rotatable bonds is 4. The van der Waals surface area contributed by atoms with E-state index >= 15 is 0 Å². The van der Waals surface area contributed by atoms with E-state index < -0.39 is 0 Å². The van der Waals surface area contributed by atoms with Gasteiger partial charge < -0.3 is 4.74 Å². The number of ether oxygens (including phenoxy) is 1. The third-order valence-corrected chi connectivity index (χ3v) is 2.77. The summed E-state index contributed by atoms with van der Waals surface area (Å²) < 4.78 is 5.71. The summed E-state index contributed by atoms with van der Waals surface area (Å²) in [5.74, 6) is 1.25. The van der Waals surface area contributed by atoms with E-state index in [1.165, 1.54) is 0 Å². The normalized spacial score (nSPS) is 10.1. The van der Waals surface area contributed by atoms with Gasteiger partial charge in [-0.1, -0.05) is 36.7 Å². The number of halogens is 1. The van der Waals surface area contributed by atoms with E-state index in [0.29, 0.717) is 28.5 Å². The first kappa shape index (κ1) is 12.7. The Balaban J connectivity index is 2.32. The van der Waals surface area contributed by atoms with Crippen molar-refractivity contribution in [2.75, 3.05) is 0 Å². The van der Waals surface area contributed by atoms with Gasteiger partial charge in [0.05, 0.1) is 5.56 Å². The molecule has 0 amide bonds. The molecule has 0 saturated carbocycles. The zero-order chi connectivity index (χ0) is 13.0. The summed E-state index contributed by atoms with van der Waals surface area (Å²) >= 11 is 5.89. The van der Waals surface area contributed by atoms with Crippen LogP contribution < -0.4 is 4.74 Å². The number of carbonyl (C=O) groups is 1. The fourth-order valence-electron chi connectivity index (χ4n) is 1.63. The number of carbonyl (C=O) groups excluding carboxylic acids is 1. The Morgan fingerprint density at radius 1 is 1.17 bits per heavy atom. The first-order valence-corrected chi connectivity index (χ1v) is 6.14. The van der Waals surface area contributed by atoms with Crippen molar-refractivity contribution in [3.05, 3.63) is 59.1 Å². The van der Waals surface area contributed by atoms with Gasteiger partial charge in [-0.2, -0.15) is 0 Å². The third-order valence-electron chi connectivity index (χ3n) is 2.53. The summed E-state index contributed by atoms with van der Waals surface area (Å²) in [5, 5.41) is 0.604. The van der Waals surface area contributed by atoms with E-state index in [-0.39, 0.29) is 5.78 Å². The second-order valence-electron chi connectivity index (χ2n) is 3.83. The van der Waals surface area contributed by atoms with Crippen LogP contribution in [0.5, 0.6) is 11.5 Å². The van der Waals surface area contributed by atoms with E-state index in [1.807, 2.05) is 25.1 Å². The van der Waals surface area contributed by atoms with Crippen LogP contribution in [0.2, 0.25) is 5.02 Å². The molecule has 0 bridgehead atoms. The van der Waals surface area contributed by atoms with Gasteiger partial charge in [0.15, 0.2) is 5.78 Å². The van der Waals surface area contributed by atoms with Crippen LogP contribution in [0.1, 0.15) is 23.7 Å². The summed E-state index contributed by atoms with van der Waals surface area (Å²) in [6.45, 7) is 1.83. The van der Waals surface area contributed by atoms with Crippen molar-refractivity contribution in [3.63, 3.8) is 0 Å². The number of Topliss-reactive ketones (excluding diaryl/α,β-unsaturated/α-hetero) is 1. The predicted molar refractivity (Wildman–Crippen MR) is 72.6 cm³/mol. The fourth-order valence-corrected chi connectivity index (χ4v) is 1.81. The molecule has 0 fully saturated rings. The molecule has 0 aliphatic heterocycles. The molecular formula is C15H13ClO2. The van der Waals surface area contributed by atoms with Crippen LogP contribution in [0.3, 0.4) is 0 Å². The van der Waals surface area contributed by atoms with Gasteiger partial charge in [0, 0.05) is 11.4 Å². The van der Waals surface area contributed by atoms with Gasteiger partial charge in [0.2, 0.25) is 0 Å². The van der Waals surface area contributed by atoms with Gasteiger partial charge in [-0.05, 0) is 30.3 Å². The molecule has 0 unspecified atom stereocenters.